The molecule has 2 aliphatic carbocycles. The molecule has 4 rings (SSSR count). The molecule has 8 nitrogen and oxygen atoms in total. The van der Waals surface area contributed by atoms with E-state index in [2.05, 4.69) is 10.6 Å². The molecule has 2 amide bonds. The first-order valence-corrected chi connectivity index (χ1v) is 12.4. The van der Waals surface area contributed by atoms with Gasteiger partial charge in [-0.2, -0.15) is 0 Å². The summed E-state index contributed by atoms with van der Waals surface area (Å²) in [6, 6.07) is 10.9. The van der Waals surface area contributed by atoms with E-state index in [0.29, 0.717) is 49.5 Å². The van der Waals surface area contributed by atoms with E-state index in [0.717, 1.165) is 18.9 Å². The lowest BCUT2D eigenvalue weighted by Crippen LogP contribution is -2.34. The van der Waals surface area contributed by atoms with E-state index < -0.39 is 17.7 Å². The molecular weight excluding hydrogens is 467 g/mol. The molecule has 0 atom stereocenters. The molecule has 2 aliphatic rings. The van der Waals surface area contributed by atoms with Gasteiger partial charge in [0.15, 0.2) is 11.6 Å². The maximum atomic E-state index is 14.2. The zero-order chi connectivity index (χ0) is 25.5. The molecule has 0 bridgehead atoms. The fourth-order valence-corrected chi connectivity index (χ4v) is 4.11. The third-order valence-corrected chi connectivity index (χ3v) is 6.50. The van der Waals surface area contributed by atoms with Crippen molar-refractivity contribution in [1.82, 2.24) is 10.6 Å². The van der Waals surface area contributed by atoms with Crippen molar-refractivity contribution in [3.63, 3.8) is 0 Å². The standard InChI is InChI=1S/C27H31FN2O6/c28-23-15-20(7-12-24(23)35-16-17-1-2-17)26(32)30-14-13-29-25(31)18-3-8-21(9-4-18)36-22-10-5-19(6-11-22)27(33)34/h3-4,7-9,12,15,17,19,22H,1-2,5-6,10-11,13-14,16H2,(H,29,31)(H,30,32)(H,33,34). The molecule has 9 heteroatoms. The van der Waals surface area contributed by atoms with Crippen molar-refractivity contribution in [2.75, 3.05) is 19.7 Å². The van der Waals surface area contributed by atoms with E-state index in [1.54, 1.807) is 24.3 Å². The van der Waals surface area contributed by atoms with Crippen LogP contribution in [0, 0.1) is 17.7 Å². The van der Waals surface area contributed by atoms with Gasteiger partial charge < -0.3 is 25.2 Å². The molecule has 0 aromatic heterocycles. The van der Waals surface area contributed by atoms with E-state index in [1.165, 1.54) is 12.1 Å². The molecule has 2 aromatic rings. The Bertz CT molecular complexity index is 1080. The Labute approximate surface area is 209 Å². The first-order valence-electron chi connectivity index (χ1n) is 12.4. The summed E-state index contributed by atoms with van der Waals surface area (Å²) in [5.74, 6) is -1.06. The topological polar surface area (TPSA) is 114 Å². The number of aliphatic carboxylic acids is 1. The molecule has 2 aromatic carbocycles. The summed E-state index contributed by atoms with van der Waals surface area (Å²) in [7, 11) is 0. The lowest BCUT2D eigenvalue weighted by atomic mass is 9.87. The van der Waals surface area contributed by atoms with Crippen LogP contribution < -0.4 is 20.1 Å². The number of benzene rings is 2. The number of carboxylic acids is 1. The molecule has 36 heavy (non-hydrogen) atoms. The number of rotatable bonds is 11. The third kappa shape index (κ3) is 7.19. The predicted octanol–water partition coefficient (Wildman–Crippen LogP) is 3.80. The molecule has 2 fully saturated rings. The van der Waals surface area contributed by atoms with E-state index in [-0.39, 0.29) is 42.3 Å². The normalized spacial score (nSPS) is 19.2. The monoisotopic (exact) mass is 498 g/mol. The molecule has 0 spiro atoms. The molecule has 0 radical (unpaired) electrons. The lowest BCUT2D eigenvalue weighted by molar-refractivity contribution is -0.143. The smallest absolute Gasteiger partial charge is 0.306 e. The van der Waals surface area contributed by atoms with Crippen molar-refractivity contribution in [2.24, 2.45) is 11.8 Å². The Kier molecular flexibility index (Phi) is 8.40. The van der Waals surface area contributed by atoms with Crippen molar-refractivity contribution in [2.45, 2.75) is 44.6 Å². The van der Waals surface area contributed by atoms with Crippen LogP contribution in [0.15, 0.2) is 42.5 Å². The minimum Gasteiger partial charge on any atom is -0.490 e. The van der Waals surface area contributed by atoms with Crippen LogP contribution in [0.25, 0.3) is 0 Å². The first-order chi connectivity index (χ1) is 17.4. The predicted molar refractivity (Wildman–Crippen MR) is 130 cm³/mol. The summed E-state index contributed by atoms with van der Waals surface area (Å²) in [6.07, 6.45) is 4.78. The Morgan fingerprint density at radius 1 is 0.861 bits per heavy atom. The average Bonchev–Trinajstić information content (AvgIpc) is 3.71. The molecule has 0 unspecified atom stereocenters. The van der Waals surface area contributed by atoms with Crippen LogP contribution in [-0.4, -0.2) is 48.7 Å². The van der Waals surface area contributed by atoms with Gasteiger partial charge in [0.05, 0.1) is 18.6 Å². The summed E-state index contributed by atoms with van der Waals surface area (Å²) in [5.41, 5.74) is 0.636. The fourth-order valence-electron chi connectivity index (χ4n) is 4.11. The van der Waals surface area contributed by atoms with Gasteiger partial charge in [0.1, 0.15) is 5.75 Å². The maximum Gasteiger partial charge on any atom is 0.306 e. The van der Waals surface area contributed by atoms with Crippen LogP contribution in [0.1, 0.15) is 59.2 Å². The minimum atomic E-state index is -0.750. The molecule has 3 N–H and O–H groups in total. The molecule has 2 saturated carbocycles. The maximum absolute atomic E-state index is 14.2. The second kappa shape index (κ2) is 11.9. The van der Waals surface area contributed by atoms with E-state index >= 15 is 0 Å². The van der Waals surface area contributed by atoms with E-state index in [4.69, 9.17) is 14.6 Å². The van der Waals surface area contributed by atoms with Crippen molar-refractivity contribution in [3.8, 4) is 11.5 Å². The van der Waals surface area contributed by atoms with Crippen molar-refractivity contribution in [1.29, 1.82) is 0 Å². The van der Waals surface area contributed by atoms with Crippen LogP contribution in [-0.2, 0) is 4.79 Å². The number of carbonyl (C=O) groups excluding carboxylic acids is 2. The number of carboxylic acid groups (broad SMARTS) is 1. The highest BCUT2D eigenvalue weighted by molar-refractivity contribution is 5.95. The van der Waals surface area contributed by atoms with Gasteiger partial charge in [-0.25, -0.2) is 4.39 Å². The number of hydrogen-bond donors (Lipinski definition) is 3. The molecule has 0 heterocycles. The highest BCUT2D eigenvalue weighted by Gasteiger charge is 2.27. The van der Waals surface area contributed by atoms with Crippen molar-refractivity contribution < 1.29 is 33.4 Å². The summed E-state index contributed by atoms with van der Waals surface area (Å²) in [5, 5.41) is 14.5. The average molecular weight is 499 g/mol. The van der Waals surface area contributed by atoms with Crippen LogP contribution >= 0.6 is 0 Å². The molecule has 192 valence electrons. The Morgan fingerprint density at radius 2 is 1.47 bits per heavy atom. The molecular formula is C27H31FN2O6. The zero-order valence-electron chi connectivity index (χ0n) is 20.0. The van der Waals surface area contributed by atoms with Gasteiger partial charge in [0.2, 0.25) is 0 Å². The largest absolute Gasteiger partial charge is 0.490 e. The van der Waals surface area contributed by atoms with E-state index in [9.17, 15) is 18.8 Å². The van der Waals surface area contributed by atoms with Gasteiger partial charge in [0, 0.05) is 24.2 Å². The number of hydrogen-bond acceptors (Lipinski definition) is 5. The number of halogens is 1. The second-order valence-corrected chi connectivity index (χ2v) is 9.37. The lowest BCUT2D eigenvalue weighted by Gasteiger charge is -2.26. The Hall–Kier alpha value is -3.62. The van der Waals surface area contributed by atoms with Gasteiger partial charge in [-0.15, -0.1) is 0 Å². The van der Waals surface area contributed by atoms with Crippen LogP contribution in [0.3, 0.4) is 0 Å². The Morgan fingerprint density at radius 3 is 2.06 bits per heavy atom. The number of carbonyl (C=O) groups is 3. The van der Waals surface area contributed by atoms with Crippen molar-refractivity contribution in [3.05, 3.63) is 59.4 Å². The van der Waals surface area contributed by atoms with E-state index in [1.807, 2.05) is 0 Å². The fraction of sp³-hybridized carbons (Fsp3) is 0.444. The second-order valence-electron chi connectivity index (χ2n) is 9.37. The SMILES string of the molecule is O=C(NCCNC(=O)c1ccc(OCC2CC2)c(F)c1)c1ccc(OC2CCC(C(=O)O)CC2)cc1. The van der Waals surface area contributed by atoms with Gasteiger partial charge in [-0.1, -0.05) is 0 Å². The summed E-state index contributed by atoms with van der Waals surface area (Å²) in [6.45, 7) is 0.889. The first kappa shape index (κ1) is 25.5. The zero-order valence-corrected chi connectivity index (χ0v) is 20.0. The van der Waals surface area contributed by atoms with Gasteiger partial charge >= 0.3 is 5.97 Å². The van der Waals surface area contributed by atoms with Crippen LogP contribution in [0.4, 0.5) is 4.39 Å². The summed E-state index contributed by atoms with van der Waals surface area (Å²) >= 11 is 0. The van der Waals surface area contributed by atoms with Crippen LogP contribution in [0.5, 0.6) is 11.5 Å². The van der Waals surface area contributed by atoms with Crippen molar-refractivity contribution >= 4 is 17.8 Å². The Balaban J connectivity index is 1.16. The quantitative estimate of drug-likeness (QED) is 0.406. The highest BCUT2D eigenvalue weighted by Crippen LogP contribution is 2.30. The van der Waals surface area contributed by atoms with Crippen LogP contribution in [0.2, 0.25) is 0 Å². The molecule has 0 aliphatic heterocycles. The number of ether oxygens (including phenoxy) is 2. The van der Waals surface area contributed by atoms with Gasteiger partial charge in [-0.3, -0.25) is 14.4 Å². The summed E-state index contributed by atoms with van der Waals surface area (Å²) in [4.78, 5) is 35.7. The van der Waals surface area contributed by atoms with Gasteiger partial charge in [-0.05, 0) is 86.9 Å². The number of nitrogens with one attached hydrogen (secondary N) is 2. The third-order valence-electron chi connectivity index (χ3n) is 6.50. The molecule has 0 saturated heterocycles. The highest BCUT2D eigenvalue weighted by atomic mass is 19.1. The number of amides is 2. The summed E-state index contributed by atoms with van der Waals surface area (Å²) < 4.78 is 25.5. The van der Waals surface area contributed by atoms with Gasteiger partial charge in [0.25, 0.3) is 11.8 Å². The minimum absolute atomic E-state index is 0.0242.